The van der Waals surface area contributed by atoms with Crippen molar-refractivity contribution in [1.82, 2.24) is 9.88 Å². The van der Waals surface area contributed by atoms with Gasteiger partial charge in [0, 0.05) is 36.8 Å². The number of aromatic nitrogens is 1. The predicted molar refractivity (Wildman–Crippen MR) is 115 cm³/mol. The highest BCUT2D eigenvalue weighted by atomic mass is 79.9. The van der Waals surface area contributed by atoms with Crippen molar-refractivity contribution in [3.05, 3.63) is 62.6 Å². The molecule has 1 aromatic carbocycles. The van der Waals surface area contributed by atoms with E-state index in [0.717, 1.165) is 47.2 Å². The third kappa shape index (κ3) is 4.20. The summed E-state index contributed by atoms with van der Waals surface area (Å²) in [5.74, 6) is 0.639. The number of hydrogen-bond acceptors (Lipinski definition) is 5. The molecule has 0 unspecified atom stereocenters. The van der Waals surface area contributed by atoms with Crippen LogP contribution in [0, 0.1) is 0 Å². The van der Waals surface area contributed by atoms with Crippen LogP contribution in [0.4, 0.5) is 5.82 Å². The molecule has 5 nitrogen and oxygen atoms in total. The van der Waals surface area contributed by atoms with Crippen molar-refractivity contribution in [3.63, 3.8) is 0 Å². The topological polar surface area (TPSA) is 48.8 Å². The van der Waals surface area contributed by atoms with E-state index in [4.69, 9.17) is 11.6 Å². The van der Waals surface area contributed by atoms with E-state index in [2.05, 4.69) is 35.7 Å². The molecule has 138 valence electrons. The van der Waals surface area contributed by atoms with Gasteiger partial charge < -0.3 is 9.80 Å². The van der Waals surface area contributed by atoms with Crippen molar-refractivity contribution in [2.24, 2.45) is 4.99 Å². The van der Waals surface area contributed by atoms with Crippen molar-refractivity contribution >= 4 is 62.3 Å². The van der Waals surface area contributed by atoms with Gasteiger partial charge in [-0.3, -0.25) is 4.79 Å². The molecule has 2 aliphatic heterocycles. The van der Waals surface area contributed by atoms with E-state index in [1.807, 2.05) is 42.5 Å². The quantitative estimate of drug-likeness (QED) is 0.622. The Hall–Kier alpha value is -1.83. The van der Waals surface area contributed by atoms with E-state index in [9.17, 15) is 4.79 Å². The van der Waals surface area contributed by atoms with E-state index < -0.39 is 0 Å². The van der Waals surface area contributed by atoms with Crippen molar-refractivity contribution < 1.29 is 4.79 Å². The van der Waals surface area contributed by atoms with Crippen molar-refractivity contribution in [2.75, 3.05) is 31.1 Å². The lowest BCUT2D eigenvalue weighted by atomic mass is 10.2. The molecular weight excluding hydrogens is 448 g/mol. The summed E-state index contributed by atoms with van der Waals surface area (Å²) >= 11 is 11.1. The maximum absolute atomic E-state index is 12.3. The number of amidine groups is 1. The first kappa shape index (κ1) is 18.5. The van der Waals surface area contributed by atoms with Gasteiger partial charge >= 0.3 is 0 Å². The Morgan fingerprint density at radius 1 is 1.07 bits per heavy atom. The zero-order valence-electron chi connectivity index (χ0n) is 14.3. The van der Waals surface area contributed by atoms with Crippen LogP contribution < -0.4 is 4.90 Å². The average Bonchev–Trinajstić information content (AvgIpc) is 3.05. The van der Waals surface area contributed by atoms with Gasteiger partial charge in [0.1, 0.15) is 5.82 Å². The molecular formula is C19H16BrClN4OS. The van der Waals surface area contributed by atoms with E-state index >= 15 is 0 Å². The maximum atomic E-state index is 12.3. The summed E-state index contributed by atoms with van der Waals surface area (Å²) in [6.07, 6.45) is 3.64. The molecule has 27 heavy (non-hydrogen) atoms. The minimum Gasteiger partial charge on any atom is -0.352 e. The number of rotatable bonds is 2. The van der Waals surface area contributed by atoms with Crippen LogP contribution in [0.3, 0.4) is 0 Å². The minimum absolute atomic E-state index is 0.173. The number of piperazine rings is 1. The number of halogens is 2. The Bertz CT molecular complexity index is 924. The second kappa shape index (κ2) is 8.04. The van der Waals surface area contributed by atoms with Gasteiger partial charge in [0.05, 0.1) is 9.93 Å². The Balaban J connectivity index is 1.41. The van der Waals surface area contributed by atoms with Crippen LogP contribution in [0.25, 0.3) is 6.08 Å². The summed E-state index contributed by atoms with van der Waals surface area (Å²) in [4.78, 5) is 25.9. The highest BCUT2D eigenvalue weighted by Crippen LogP contribution is 2.31. The molecule has 0 N–H and O–H groups in total. The number of amides is 1. The SMILES string of the molecule is O=C1N=C(N2CCN(c3ncccc3Cl)CC2)S/C1=C\c1ccc(Br)cc1. The lowest BCUT2D eigenvalue weighted by Crippen LogP contribution is -2.48. The fourth-order valence-electron chi connectivity index (χ4n) is 2.96. The Labute approximate surface area is 175 Å². The van der Waals surface area contributed by atoms with Crippen LogP contribution in [0.1, 0.15) is 5.56 Å². The Kier molecular flexibility index (Phi) is 5.52. The fourth-order valence-corrected chi connectivity index (χ4v) is 4.43. The molecule has 4 rings (SSSR count). The number of carbonyl (C=O) groups excluding carboxylic acids is 1. The summed E-state index contributed by atoms with van der Waals surface area (Å²) in [5, 5.41) is 1.43. The van der Waals surface area contributed by atoms with E-state index in [-0.39, 0.29) is 5.91 Å². The molecule has 0 bridgehead atoms. The molecule has 0 spiro atoms. The summed E-state index contributed by atoms with van der Waals surface area (Å²) < 4.78 is 1.01. The molecule has 3 heterocycles. The summed E-state index contributed by atoms with van der Waals surface area (Å²) in [7, 11) is 0. The highest BCUT2D eigenvalue weighted by Gasteiger charge is 2.29. The highest BCUT2D eigenvalue weighted by molar-refractivity contribution is 9.10. The predicted octanol–water partition coefficient (Wildman–Crippen LogP) is 4.29. The lowest BCUT2D eigenvalue weighted by molar-refractivity contribution is -0.113. The van der Waals surface area contributed by atoms with Crippen LogP contribution >= 0.6 is 39.3 Å². The average molecular weight is 464 g/mol. The zero-order chi connectivity index (χ0) is 18.8. The molecule has 1 aromatic heterocycles. The van der Waals surface area contributed by atoms with Crippen molar-refractivity contribution in [3.8, 4) is 0 Å². The molecule has 0 saturated carbocycles. The van der Waals surface area contributed by atoms with Gasteiger partial charge in [0.15, 0.2) is 5.17 Å². The smallest absolute Gasteiger partial charge is 0.286 e. The van der Waals surface area contributed by atoms with Gasteiger partial charge in [-0.05, 0) is 47.7 Å². The first-order chi connectivity index (χ1) is 13.1. The zero-order valence-corrected chi connectivity index (χ0v) is 17.5. The van der Waals surface area contributed by atoms with Gasteiger partial charge in [-0.1, -0.05) is 39.7 Å². The molecule has 1 saturated heterocycles. The third-order valence-corrected chi connectivity index (χ3v) is 6.23. The van der Waals surface area contributed by atoms with Crippen molar-refractivity contribution in [1.29, 1.82) is 0 Å². The van der Waals surface area contributed by atoms with Gasteiger partial charge in [-0.15, -0.1) is 0 Å². The molecule has 8 heteroatoms. The van der Waals surface area contributed by atoms with Crippen molar-refractivity contribution in [2.45, 2.75) is 0 Å². The van der Waals surface area contributed by atoms with Gasteiger partial charge in [0.2, 0.25) is 0 Å². The standard InChI is InChI=1S/C19H16BrClN4OS/c20-14-5-3-13(4-6-14)12-16-18(26)23-19(27-16)25-10-8-24(9-11-25)17-15(21)2-1-7-22-17/h1-7,12H,8-11H2/b16-12-. The number of carbonyl (C=O) groups is 1. The molecule has 0 aliphatic carbocycles. The summed E-state index contributed by atoms with van der Waals surface area (Å²) in [6, 6.07) is 11.5. The molecule has 2 aliphatic rings. The van der Waals surface area contributed by atoms with Crippen LogP contribution in [-0.2, 0) is 4.79 Å². The number of benzene rings is 1. The molecule has 0 radical (unpaired) electrons. The van der Waals surface area contributed by atoms with E-state index in [1.165, 1.54) is 11.8 Å². The van der Waals surface area contributed by atoms with E-state index in [0.29, 0.717) is 9.93 Å². The maximum Gasteiger partial charge on any atom is 0.286 e. The Morgan fingerprint density at radius 2 is 1.78 bits per heavy atom. The fraction of sp³-hybridized carbons (Fsp3) is 0.211. The second-order valence-electron chi connectivity index (χ2n) is 6.14. The summed E-state index contributed by atoms with van der Waals surface area (Å²) in [5.41, 5.74) is 0.986. The first-order valence-electron chi connectivity index (χ1n) is 8.49. The largest absolute Gasteiger partial charge is 0.352 e. The monoisotopic (exact) mass is 462 g/mol. The summed E-state index contributed by atoms with van der Waals surface area (Å²) in [6.45, 7) is 3.13. The number of hydrogen-bond donors (Lipinski definition) is 0. The van der Waals surface area contributed by atoms with Gasteiger partial charge in [-0.2, -0.15) is 4.99 Å². The molecule has 0 atom stereocenters. The van der Waals surface area contributed by atoms with E-state index in [1.54, 1.807) is 6.20 Å². The third-order valence-electron chi connectivity index (χ3n) is 4.37. The Morgan fingerprint density at radius 3 is 2.48 bits per heavy atom. The van der Waals surface area contributed by atoms with Crippen LogP contribution in [0.2, 0.25) is 5.02 Å². The molecule has 2 aromatic rings. The first-order valence-corrected chi connectivity index (χ1v) is 10.5. The number of aliphatic imine (C=N–C) groups is 1. The number of anilines is 1. The second-order valence-corrected chi connectivity index (χ2v) is 8.48. The van der Waals surface area contributed by atoms with Crippen LogP contribution in [-0.4, -0.2) is 47.1 Å². The van der Waals surface area contributed by atoms with Crippen LogP contribution in [0.5, 0.6) is 0 Å². The minimum atomic E-state index is -0.173. The molecule has 1 fully saturated rings. The number of pyridine rings is 1. The normalized spacial score (nSPS) is 19.0. The van der Waals surface area contributed by atoms with Crippen LogP contribution in [0.15, 0.2) is 57.0 Å². The number of nitrogens with zero attached hydrogens (tertiary/aromatic N) is 4. The molecule has 1 amide bonds. The van der Waals surface area contributed by atoms with Gasteiger partial charge in [-0.25, -0.2) is 4.98 Å². The number of thioether (sulfide) groups is 1. The van der Waals surface area contributed by atoms with Gasteiger partial charge in [0.25, 0.3) is 5.91 Å². The lowest BCUT2D eigenvalue weighted by Gasteiger charge is -2.36.